The molecular weight excluding hydrogens is 1300 g/mol. The van der Waals surface area contributed by atoms with E-state index in [1.165, 1.54) is 6.92 Å². The third-order valence-corrected chi connectivity index (χ3v) is 17.1. The Balaban J connectivity index is 0.000000310. The minimum atomic E-state index is -4.61. The summed E-state index contributed by atoms with van der Waals surface area (Å²) in [5.41, 5.74) is 19.3. The predicted octanol–water partition coefficient (Wildman–Crippen LogP) is 9.00. The number of esters is 1. The molecule has 96 heavy (non-hydrogen) atoms. The lowest BCUT2D eigenvalue weighted by Gasteiger charge is -2.15. The molecule has 0 spiro atoms. The molecule has 0 saturated carbocycles. The minimum absolute atomic E-state index is 0.0172. The highest BCUT2D eigenvalue weighted by Gasteiger charge is 2.29. The largest absolute Gasteiger partial charge is 0.420 e. The number of hydrogen-bond acceptors (Lipinski definition) is 19. The number of ether oxygens (including phenoxy) is 3. The normalized spacial score (nSPS) is 12.4. The summed E-state index contributed by atoms with van der Waals surface area (Å²) >= 11 is 0. The molecular formula is C65H84F4N10O15S2. The van der Waals surface area contributed by atoms with E-state index in [0.717, 1.165) is 144 Å². The van der Waals surface area contributed by atoms with Gasteiger partial charge in [0.25, 0.3) is 20.2 Å². The quantitative estimate of drug-likeness (QED) is 0.00442. The van der Waals surface area contributed by atoms with Gasteiger partial charge in [-0.3, -0.25) is 37.9 Å². The third kappa shape index (κ3) is 24.8. The molecule has 0 aliphatic carbocycles. The van der Waals surface area contributed by atoms with Gasteiger partial charge in [0.05, 0.1) is 67.2 Å². The first-order valence-corrected chi connectivity index (χ1v) is 35.2. The average Bonchev–Trinajstić information content (AvgIpc) is 1.48. The van der Waals surface area contributed by atoms with E-state index >= 15 is 0 Å². The number of fused-ring (bicyclic) bond motifs is 6. The molecule has 3 aromatic carbocycles. The summed E-state index contributed by atoms with van der Waals surface area (Å²) in [5, 5.41) is 7.16. The molecule has 0 unspecified atom stereocenters. The van der Waals surface area contributed by atoms with Crippen molar-refractivity contribution in [1.29, 1.82) is 0 Å². The number of hydrogen-bond donors (Lipinski definition) is 8. The molecule has 2 atom stereocenters. The van der Waals surface area contributed by atoms with Gasteiger partial charge >= 0.3 is 5.97 Å². The summed E-state index contributed by atoms with van der Waals surface area (Å²) in [6.45, 7) is 5.80. The molecule has 25 nitrogen and oxygen atoms in total. The van der Waals surface area contributed by atoms with E-state index in [0.29, 0.717) is 31.0 Å². The number of nitrogens with zero attached hydrogens (tertiary/aromatic N) is 4. The SMILES string of the molecule is CCCCc1nc2c([nH]1)c(N)nc1cc(CCCCCNC(=O)[C@@H](CC(=O)CCOCCC(=O)Oc3c(F)c(F)cc(F)c3F)CS(=O)(=O)O)ccc12.CCCCc1nc2c([nH]1)c(N)nc1cc(CCCCCNC(=O)[C@@H](CC(=O)CCOCCC(C)=O)CS(=O)(=O)O)ccc12. The molecule has 524 valence electrons. The zero-order valence-corrected chi connectivity index (χ0v) is 55.6. The van der Waals surface area contributed by atoms with E-state index in [2.05, 4.69) is 55.2 Å². The Kier molecular flexibility index (Phi) is 30.0. The lowest BCUT2D eigenvalue weighted by Crippen LogP contribution is -2.36. The number of nitrogen functional groups attached to an aromatic ring is 2. The van der Waals surface area contributed by atoms with Crippen molar-refractivity contribution in [2.45, 2.75) is 149 Å². The highest BCUT2D eigenvalue weighted by atomic mass is 32.2. The van der Waals surface area contributed by atoms with E-state index in [9.17, 15) is 72.3 Å². The second-order valence-electron chi connectivity index (χ2n) is 23.5. The molecule has 4 heterocycles. The van der Waals surface area contributed by atoms with Gasteiger partial charge in [-0.2, -0.15) is 25.6 Å². The molecule has 0 saturated heterocycles. The maximum atomic E-state index is 13.7. The molecule has 31 heteroatoms. The van der Waals surface area contributed by atoms with Crippen molar-refractivity contribution >= 4 is 111 Å². The van der Waals surface area contributed by atoms with Crippen LogP contribution in [0, 0.1) is 35.1 Å². The van der Waals surface area contributed by atoms with E-state index in [-0.39, 0.29) is 69.7 Å². The Morgan fingerprint density at radius 2 is 0.969 bits per heavy atom. The molecule has 0 bridgehead atoms. The second kappa shape index (κ2) is 37.4. The van der Waals surface area contributed by atoms with Crippen molar-refractivity contribution in [3.05, 3.63) is 88.5 Å². The second-order valence-corrected chi connectivity index (χ2v) is 26.5. The molecule has 2 amide bonds. The smallest absolute Gasteiger partial charge is 0.313 e. The Hall–Kier alpha value is -8.10. The molecule has 7 rings (SSSR count). The van der Waals surface area contributed by atoms with Crippen LogP contribution in [0.4, 0.5) is 29.2 Å². The molecule has 7 aromatic rings. The number of rotatable bonds is 41. The van der Waals surface area contributed by atoms with E-state index < -0.39 is 116 Å². The summed E-state index contributed by atoms with van der Waals surface area (Å²) in [4.78, 5) is 98.1. The van der Waals surface area contributed by atoms with Crippen molar-refractivity contribution in [2.24, 2.45) is 11.8 Å². The number of benzene rings is 3. The van der Waals surface area contributed by atoms with Gasteiger partial charge in [-0.05, 0) is 81.5 Å². The fraction of sp³-hybridized carbons (Fsp3) is 0.508. The summed E-state index contributed by atoms with van der Waals surface area (Å²) in [7, 11) is -9.06. The average molecular weight is 1390 g/mol. The molecule has 0 aliphatic heterocycles. The zero-order valence-electron chi connectivity index (χ0n) is 54.0. The number of H-pyrrole nitrogens is 2. The highest BCUT2D eigenvalue weighted by Crippen LogP contribution is 2.31. The number of aromatic nitrogens is 6. The van der Waals surface area contributed by atoms with Crippen LogP contribution in [0.25, 0.3) is 43.9 Å². The zero-order chi connectivity index (χ0) is 70.1. The number of anilines is 2. The van der Waals surface area contributed by atoms with Crippen LogP contribution in [-0.2, 0) is 84.2 Å². The van der Waals surface area contributed by atoms with Crippen LogP contribution in [0.15, 0.2) is 42.5 Å². The number of carbonyl (C=O) groups excluding carboxylic acids is 6. The minimum Gasteiger partial charge on any atom is -0.420 e. The first-order chi connectivity index (χ1) is 45.6. The fourth-order valence-electron chi connectivity index (χ4n) is 10.4. The topological polar surface area (TPSA) is 398 Å². The highest BCUT2D eigenvalue weighted by molar-refractivity contribution is 7.86. The van der Waals surface area contributed by atoms with Crippen LogP contribution >= 0.6 is 0 Å². The molecule has 10 N–H and O–H groups in total. The monoisotopic (exact) mass is 1380 g/mol. The molecule has 0 aliphatic rings. The standard InChI is InChI=1S/C35H41F4N5O8S.C30H43N5O7S/c1-2-3-8-27-43-31-23-10-9-20(16-26(23)42-34(40)32(31)44-27)7-5-4-6-13-41-35(47)21(19-53(48,49)50)17-22(45)11-14-51-15-12-28(46)52-33-29(38)24(36)18-25(37)30(33)39;1-3-4-9-26-34-27-24-11-10-21(17-25(24)33-29(31)28(27)35-26)8-6-5-7-14-32-30(38)22(19-43(39,40)41)18-23(37)13-16-42-15-12-20(2)36/h9-10,16,18,21H,2-8,11-15,17,19H2,1H3,(H2,40,42)(H,41,47)(H,43,44)(H,48,49,50);10-11,17,22H,3-9,12-16,18-19H2,1-2H3,(H2,31,33)(H,32,38)(H,34,35)(H,39,40,41)/t21-;22-/m00/s1. The van der Waals surface area contributed by atoms with Gasteiger partial charge in [-0.1, -0.05) is 63.8 Å². The van der Waals surface area contributed by atoms with Crippen molar-refractivity contribution in [2.75, 3.05) is 62.5 Å². The van der Waals surface area contributed by atoms with Gasteiger partial charge in [0, 0.05) is 74.9 Å². The van der Waals surface area contributed by atoms with Crippen molar-refractivity contribution < 1.29 is 86.5 Å². The summed E-state index contributed by atoms with van der Waals surface area (Å²) in [6.07, 6.45) is 10.3. The van der Waals surface area contributed by atoms with Gasteiger partial charge < -0.3 is 46.3 Å². The first-order valence-electron chi connectivity index (χ1n) is 31.9. The summed E-state index contributed by atoms with van der Waals surface area (Å²) in [6, 6.07) is 12.0. The van der Waals surface area contributed by atoms with Crippen LogP contribution in [0.5, 0.6) is 5.75 Å². The number of halogens is 4. The van der Waals surface area contributed by atoms with Gasteiger partial charge in [-0.15, -0.1) is 0 Å². The van der Waals surface area contributed by atoms with Gasteiger partial charge in [0.1, 0.15) is 62.7 Å². The number of carbonyl (C=O) groups is 6. The predicted molar refractivity (Wildman–Crippen MR) is 352 cm³/mol. The van der Waals surface area contributed by atoms with Crippen LogP contribution in [0.3, 0.4) is 0 Å². The number of unbranched alkanes of at least 4 members (excludes halogenated alkanes) is 6. The van der Waals surface area contributed by atoms with Gasteiger partial charge in [-0.25, -0.2) is 28.7 Å². The molecule has 4 aromatic heterocycles. The Morgan fingerprint density at radius 1 is 0.552 bits per heavy atom. The van der Waals surface area contributed by atoms with E-state index in [4.69, 9.17) is 30.9 Å². The fourth-order valence-corrected chi connectivity index (χ4v) is 12.0. The van der Waals surface area contributed by atoms with Crippen molar-refractivity contribution in [3.63, 3.8) is 0 Å². The number of aryl methyl sites for hydroxylation is 4. The molecule has 0 radical (unpaired) electrons. The number of amides is 2. The number of pyridine rings is 2. The maximum Gasteiger partial charge on any atom is 0.313 e. The van der Waals surface area contributed by atoms with Crippen LogP contribution in [-0.4, -0.2) is 142 Å². The van der Waals surface area contributed by atoms with Crippen LogP contribution in [0.2, 0.25) is 0 Å². The number of nitrogens with two attached hydrogens (primary N) is 2. The van der Waals surface area contributed by atoms with Gasteiger partial charge in [0.2, 0.25) is 29.2 Å². The summed E-state index contributed by atoms with van der Waals surface area (Å²) < 4.78 is 133. The first kappa shape index (κ1) is 76.9. The molecule has 0 fully saturated rings. The number of nitrogens with one attached hydrogen (secondary N) is 4. The van der Waals surface area contributed by atoms with Crippen LogP contribution < -0.4 is 26.8 Å². The Morgan fingerprint density at radius 3 is 1.38 bits per heavy atom. The lowest BCUT2D eigenvalue weighted by molar-refractivity contribution is -0.136. The van der Waals surface area contributed by atoms with Crippen LogP contribution in [0.1, 0.15) is 146 Å². The van der Waals surface area contributed by atoms with E-state index in [1.54, 1.807) is 0 Å². The number of aromatic amines is 2. The number of imidazole rings is 2. The Labute approximate surface area is 553 Å². The Bertz CT molecular complexity index is 4070. The number of ketones is 3. The third-order valence-electron chi connectivity index (χ3n) is 15.5. The lowest BCUT2D eigenvalue weighted by atomic mass is 10.0. The number of Topliss-reactive ketones (excluding diaryl/α,β-unsaturated/α-hetero) is 3. The van der Waals surface area contributed by atoms with Gasteiger partial charge in [0.15, 0.2) is 11.6 Å². The maximum absolute atomic E-state index is 13.7. The van der Waals surface area contributed by atoms with Crippen molar-refractivity contribution in [1.82, 2.24) is 40.5 Å². The summed E-state index contributed by atoms with van der Waals surface area (Å²) in [5.74, 6) is -14.1. The van der Waals surface area contributed by atoms with Crippen molar-refractivity contribution in [3.8, 4) is 5.75 Å². The van der Waals surface area contributed by atoms with E-state index in [1.807, 2.05) is 30.3 Å².